The lowest BCUT2D eigenvalue weighted by Crippen LogP contribution is -2.47. The van der Waals surface area contributed by atoms with E-state index in [1.165, 1.54) is 22.4 Å². The third-order valence-electron chi connectivity index (χ3n) is 7.92. The molecule has 0 fully saturated rings. The first-order chi connectivity index (χ1) is 18.0. The Morgan fingerprint density at radius 3 is 2.57 bits per heavy atom. The van der Waals surface area contributed by atoms with Crippen LogP contribution in [0.25, 0.3) is 0 Å². The summed E-state index contributed by atoms with van der Waals surface area (Å²) in [4.78, 5) is 18.4. The van der Waals surface area contributed by atoms with Gasteiger partial charge >= 0.3 is 0 Å². The molecular weight excluding hydrogens is 460 g/mol. The minimum atomic E-state index is -0.0264. The summed E-state index contributed by atoms with van der Waals surface area (Å²) < 4.78 is 10.8. The number of ether oxygens (including phenoxy) is 2. The highest BCUT2D eigenvalue weighted by molar-refractivity contribution is 6.07. The van der Waals surface area contributed by atoms with E-state index < -0.39 is 0 Å². The van der Waals surface area contributed by atoms with Crippen molar-refractivity contribution in [3.05, 3.63) is 95.6 Å². The van der Waals surface area contributed by atoms with Crippen molar-refractivity contribution in [2.24, 2.45) is 0 Å². The van der Waals surface area contributed by atoms with Gasteiger partial charge in [-0.1, -0.05) is 43.3 Å². The number of benzene rings is 3. The first-order valence-electron chi connectivity index (χ1n) is 13.1. The molecule has 5 rings (SSSR count). The van der Waals surface area contributed by atoms with Crippen LogP contribution < -0.4 is 19.3 Å². The molecule has 192 valence electrons. The zero-order chi connectivity index (χ0) is 26.1. The van der Waals surface area contributed by atoms with E-state index in [4.69, 9.17) is 9.47 Å². The molecule has 0 N–H and O–H groups in total. The van der Waals surface area contributed by atoms with Gasteiger partial charge in [-0.3, -0.25) is 4.79 Å². The predicted molar refractivity (Wildman–Crippen MR) is 150 cm³/mol. The van der Waals surface area contributed by atoms with Gasteiger partial charge in [0.05, 0.1) is 20.3 Å². The van der Waals surface area contributed by atoms with Crippen LogP contribution in [0.4, 0.5) is 11.4 Å². The smallest absolute Gasteiger partial charge is 0.258 e. The molecule has 2 heterocycles. The SMILES string of the molecule is C=CC(C)c1ccc2c(c1)CCCN2C1CC(C)N(C(=O)c2ccc(OC)c(OC)c2)c2ccccc21. The second-order valence-corrected chi connectivity index (χ2v) is 10.1. The van der Waals surface area contributed by atoms with E-state index >= 15 is 0 Å². The number of amides is 1. The summed E-state index contributed by atoms with van der Waals surface area (Å²) in [7, 11) is 3.19. The lowest BCUT2D eigenvalue weighted by atomic mass is 9.87. The van der Waals surface area contributed by atoms with Gasteiger partial charge in [0.25, 0.3) is 5.91 Å². The number of carbonyl (C=O) groups is 1. The van der Waals surface area contributed by atoms with E-state index in [1.54, 1.807) is 26.4 Å². The van der Waals surface area contributed by atoms with Crippen LogP contribution in [0.1, 0.15) is 65.7 Å². The molecule has 2 aliphatic rings. The predicted octanol–water partition coefficient (Wildman–Crippen LogP) is 6.93. The Labute approximate surface area is 220 Å². The molecular formula is C32H36N2O3. The van der Waals surface area contributed by atoms with Crippen molar-refractivity contribution in [1.29, 1.82) is 0 Å². The van der Waals surface area contributed by atoms with Gasteiger partial charge < -0.3 is 19.3 Å². The summed E-state index contributed by atoms with van der Waals surface area (Å²) in [6.45, 7) is 9.34. The Kier molecular flexibility index (Phi) is 6.96. The van der Waals surface area contributed by atoms with Gasteiger partial charge in [0.15, 0.2) is 11.5 Å². The van der Waals surface area contributed by atoms with Crippen LogP contribution in [0.5, 0.6) is 11.5 Å². The number of rotatable bonds is 6. The molecule has 0 saturated carbocycles. The van der Waals surface area contributed by atoms with Gasteiger partial charge in [0.1, 0.15) is 0 Å². The highest BCUT2D eigenvalue weighted by atomic mass is 16.5. The molecule has 37 heavy (non-hydrogen) atoms. The molecule has 0 spiro atoms. The van der Waals surface area contributed by atoms with Crippen molar-refractivity contribution >= 4 is 17.3 Å². The molecule has 0 aromatic heterocycles. The van der Waals surface area contributed by atoms with Crippen molar-refractivity contribution in [2.45, 2.75) is 51.1 Å². The molecule has 3 aromatic rings. The molecule has 0 aliphatic carbocycles. The maximum Gasteiger partial charge on any atom is 0.258 e. The fraction of sp³-hybridized carbons (Fsp3) is 0.344. The third kappa shape index (κ3) is 4.48. The highest BCUT2D eigenvalue weighted by Crippen LogP contribution is 2.45. The van der Waals surface area contributed by atoms with Gasteiger partial charge in [-0.15, -0.1) is 6.58 Å². The van der Waals surface area contributed by atoms with Crippen LogP contribution in [-0.2, 0) is 6.42 Å². The number of fused-ring (bicyclic) bond motifs is 2. The summed E-state index contributed by atoms with van der Waals surface area (Å²) in [5.74, 6) is 1.48. The normalized spacial score (nSPS) is 19.5. The Hall–Kier alpha value is -3.73. The summed E-state index contributed by atoms with van der Waals surface area (Å²) in [5.41, 5.74) is 6.81. The fourth-order valence-corrected chi connectivity index (χ4v) is 5.88. The van der Waals surface area contributed by atoms with Crippen LogP contribution >= 0.6 is 0 Å². The van der Waals surface area contributed by atoms with Crippen molar-refractivity contribution in [1.82, 2.24) is 0 Å². The van der Waals surface area contributed by atoms with Crippen LogP contribution in [0, 0.1) is 0 Å². The monoisotopic (exact) mass is 496 g/mol. The van der Waals surface area contributed by atoms with Crippen LogP contribution in [-0.4, -0.2) is 32.7 Å². The lowest BCUT2D eigenvalue weighted by molar-refractivity contribution is 0.0973. The van der Waals surface area contributed by atoms with E-state index in [1.807, 2.05) is 23.1 Å². The number of nitrogens with zero attached hydrogens (tertiary/aromatic N) is 2. The number of methoxy groups -OCH3 is 2. The quantitative estimate of drug-likeness (QED) is 0.347. The third-order valence-corrected chi connectivity index (χ3v) is 7.92. The standard InChI is InChI=1S/C32H36N2O3/c1-6-21(2)23-13-15-27-24(19-23)10-9-17-33(27)29-18-22(3)34(28-12-8-7-11-26(28)29)32(35)25-14-16-30(36-4)31(20-25)37-5/h6-8,11-16,19-22,29H,1,9-10,17-18H2,2-5H3. The fourth-order valence-electron chi connectivity index (χ4n) is 5.88. The van der Waals surface area contributed by atoms with Crippen molar-refractivity contribution < 1.29 is 14.3 Å². The van der Waals surface area contributed by atoms with E-state index in [9.17, 15) is 4.79 Å². The van der Waals surface area contributed by atoms with Crippen LogP contribution in [0.15, 0.2) is 73.3 Å². The summed E-state index contributed by atoms with van der Waals surface area (Å²) in [6, 6.07) is 20.9. The Morgan fingerprint density at radius 2 is 1.81 bits per heavy atom. The molecule has 3 aromatic carbocycles. The second-order valence-electron chi connectivity index (χ2n) is 10.1. The average molecular weight is 497 g/mol. The van der Waals surface area contributed by atoms with Crippen LogP contribution in [0.2, 0.25) is 0 Å². The van der Waals surface area contributed by atoms with E-state index in [0.29, 0.717) is 23.0 Å². The molecule has 3 unspecified atom stereocenters. The first-order valence-corrected chi connectivity index (χ1v) is 13.1. The van der Waals surface area contributed by atoms with Gasteiger partial charge in [-0.05, 0) is 79.1 Å². The molecule has 1 amide bonds. The number of hydrogen-bond acceptors (Lipinski definition) is 4. The highest BCUT2D eigenvalue weighted by Gasteiger charge is 2.38. The van der Waals surface area contributed by atoms with E-state index in [0.717, 1.165) is 31.5 Å². The summed E-state index contributed by atoms with van der Waals surface area (Å²) >= 11 is 0. The minimum absolute atomic E-state index is 0.0264. The first kappa shape index (κ1) is 24.9. The number of hydrogen-bond donors (Lipinski definition) is 0. The van der Waals surface area contributed by atoms with E-state index in [2.05, 4.69) is 61.7 Å². The molecule has 0 radical (unpaired) electrons. The molecule has 2 aliphatic heterocycles. The van der Waals surface area contributed by atoms with Crippen molar-refractivity contribution in [3.8, 4) is 11.5 Å². The van der Waals surface area contributed by atoms with E-state index in [-0.39, 0.29) is 18.0 Å². The maximum atomic E-state index is 13.9. The van der Waals surface area contributed by atoms with Gasteiger partial charge in [-0.25, -0.2) is 0 Å². The molecule has 0 bridgehead atoms. The largest absolute Gasteiger partial charge is 0.493 e. The molecule has 3 atom stereocenters. The second kappa shape index (κ2) is 10.3. The van der Waals surface area contributed by atoms with Crippen molar-refractivity contribution in [3.63, 3.8) is 0 Å². The Morgan fingerprint density at radius 1 is 1.03 bits per heavy atom. The van der Waals surface area contributed by atoms with Gasteiger partial charge in [0, 0.05) is 29.5 Å². The number of carbonyl (C=O) groups excluding carboxylic acids is 1. The minimum Gasteiger partial charge on any atom is -0.493 e. The average Bonchev–Trinajstić information content (AvgIpc) is 2.95. The van der Waals surface area contributed by atoms with Crippen LogP contribution in [0.3, 0.4) is 0 Å². The number of anilines is 2. The van der Waals surface area contributed by atoms with Crippen molar-refractivity contribution in [2.75, 3.05) is 30.6 Å². The number of aryl methyl sites for hydroxylation is 1. The summed E-state index contributed by atoms with van der Waals surface area (Å²) in [5, 5.41) is 0. The Balaban J connectivity index is 1.51. The lowest BCUT2D eigenvalue weighted by Gasteiger charge is -2.46. The zero-order valence-corrected chi connectivity index (χ0v) is 22.2. The Bertz CT molecular complexity index is 1320. The number of para-hydroxylation sites is 1. The number of allylic oxidation sites excluding steroid dienone is 1. The molecule has 5 heteroatoms. The maximum absolute atomic E-state index is 13.9. The molecule has 0 saturated heterocycles. The topological polar surface area (TPSA) is 42.0 Å². The van der Waals surface area contributed by atoms with Gasteiger partial charge in [0.2, 0.25) is 0 Å². The molecule has 5 nitrogen and oxygen atoms in total. The van der Waals surface area contributed by atoms with Gasteiger partial charge in [-0.2, -0.15) is 0 Å². The zero-order valence-electron chi connectivity index (χ0n) is 22.2. The summed E-state index contributed by atoms with van der Waals surface area (Å²) in [6.07, 6.45) is 5.09.